The lowest BCUT2D eigenvalue weighted by atomic mass is 9.80. The molecule has 0 aromatic heterocycles. The van der Waals surface area contributed by atoms with Crippen LogP contribution in [-0.4, -0.2) is 0 Å². The predicted molar refractivity (Wildman–Crippen MR) is 136 cm³/mol. The summed E-state index contributed by atoms with van der Waals surface area (Å²) in [5.41, 5.74) is 5.54. The molecule has 34 heavy (non-hydrogen) atoms. The van der Waals surface area contributed by atoms with E-state index in [0.717, 1.165) is 23.0 Å². The number of benzene rings is 3. The average molecular weight is 453 g/mol. The van der Waals surface area contributed by atoms with Gasteiger partial charge in [0.05, 0.1) is 5.56 Å². The number of hydrogen-bond donors (Lipinski definition) is 0. The van der Waals surface area contributed by atoms with Crippen molar-refractivity contribution in [2.45, 2.75) is 52.9 Å². The maximum absolute atomic E-state index is 14.0. The van der Waals surface area contributed by atoms with Crippen LogP contribution < -0.4 is 0 Å². The van der Waals surface area contributed by atoms with Crippen LogP contribution in [0.15, 0.2) is 54.6 Å². The molecule has 0 aliphatic heterocycles. The highest BCUT2D eigenvalue weighted by molar-refractivity contribution is 5.50. The largest absolute Gasteiger partial charge is 0.206 e. The first-order valence-electron chi connectivity index (χ1n) is 12.1. The third-order valence-corrected chi connectivity index (χ3v) is 6.70. The molecule has 1 aliphatic carbocycles. The lowest BCUT2D eigenvalue weighted by molar-refractivity contribution is 0.289. The van der Waals surface area contributed by atoms with Crippen molar-refractivity contribution in [3.05, 3.63) is 105 Å². The molecular formula is C32H30F2. The zero-order chi connectivity index (χ0) is 24.1. The fourth-order valence-corrected chi connectivity index (χ4v) is 4.59. The molecule has 0 nitrogen and oxygen atoms in total. The lowest BCUT2D eigenvalue weighted by Crippen LogP contribution is -2.14. The molecule has 0 unspecified atom stereocenters. The minimum atomic E-state index is -0.637. The van der Waals surface area contributed by atoms with Gasteiger partial charge < -0.3 is 0 Å². The minimum absolute atomic E-state index is 0.202. The Morgan fingerprint density at radius 2 is 1.32 bits per heavy atom. The molecule has 0 saturated heterocycles. The molecule has 1 fully saturated rings. The van der Waals surface area contributed by atoms with Crippen LogP contribution in [0.5, 0.6) is 0 Å². The second kappa shape index (κ2) is 10.7. The Labute approximate surface area is 202 Å². The third kappa shape index (κ3) is 6.15. The molecule has 0 spiro atoms. The Morgan fingerprint density at radius 3 is 1.91 bits per heavy atom. The Balaban J connectivity index is 1.42. The van der Waals surface area contributed by atoms with E-state index in [1.54, 1.807) is 6.92 Å². The fourth-order valence-electron chi connectivity index (χ4n) is 4.59. The standard InChI is InChI=1S/C32H30F2/c1-22-4-6-27(7-5-22)21-28-13-16-29(24(3)20-28)15-12-25-8-10-26(11-9-25)14-17-30-31(33)18-23(2)19-32(30)34/h8-11,13,16,18-20,22,27H,4-7,21H2,1-3H3. The van der Waals surface area contributed by atoms with Gasteiger partial charge in [-0.05, 0) is 104 Å². The molecule has 172 valence electrons. The van der Waals surface area contributed by atoms with Crippen LogP contribution in [0.1, 0.15) is 71.6 Å². The van der Waals surface area contributed by atoms with Gasteiger partial charge >= 0.3 is 0 Å². The van der Waals surface area contributed by atoms with E-state index in [2.05, 4.69) is 55.7 Å². The summed E-state index contributed by atoms with van der Waals surface area (Å²) in [6, 6.07) is 16.6. The van der Waals surface area contributed by atoms with Gasteiger partial charge in [-0.1, -0.05) is 55.6 Å². The van der Waals surface area contributed by atoms with Crippen molar-refractivity contribution < 1.29 is 8.78 Å². The maximum atomic E-state index is 14.0. The predicted octanol–water partition coefficient (Wildman–Crippen LogP) is 7.75. The van der Waals surface area contributed by atoms with Crippen molar-refractivity contribution in [1.29, 1.82) is 0 Å². The van der Waals surface area contributed by atoms with Crippen molar-refractivity contribution in [3.8, 4) is 23.7 Å². The van der Waals surface area contributed by atoms with Gasteiger partial charge in [-0.3, -0.25) is 0 Å². The van der Waals surface area contributed by atoms with E-state index in [0.29, 0.717) is 11.1 Å². The van der Waals surface area contributed by atoms with Gasteiger partial charge in [0, 0.05) is 16.7 Å². The van der Waals surface area contributed by atoms with Gasteiger partial charge in [0.2, 0.25) is 0 Å². The molecule has 1 saturated carbocycles. The summed E-state index contributed by atoms with van der Waals surface area (Å²) in [6.45, 7) is 6.14. The van der Waals surface area contributed by atoms with E-state index in [1.165, 1.54) is 55.4 Å². The normalized spacial score (nSPS) is 17.3. The molecule has 3 aromatic carbocycles. The summed E-state index contributed by atoms with van der Waals surface area (Å²) >= 11 is 0. The molecule has 0 N–H and O–H groups in total. The van der Waals surface area contributed by atoms with E-state index < -0.39 is 11.6 Å². The summed E-state index contributed by atoms with van der Waals surface area (Å²) in [4.78, 5) is 0. The minimum Gasteiger partial charge on any atom is -0.206 e. The lowest BCUT2D eigenvalue weighted by Gasteiger charge is -2.26. The van der Waals surface area contributed by atoms with Gasteiger partial charge in [0.25, 0.3) is 0 Å². The number of halogens is 2. The van der Waals surface area contributed by atoms with Crippen LogP contribution in [0.4, 0.5) is 8.78 Å². The number of hydrogen-bond acceptors (Lipinski definition) is 0. The van der Waals surface area contributed by atoms with Crippen LogP contribution in [0, 0.1) is 61.0 Å². The van der Waals surface area contributed by atoms with Crippen LogP contribution in [0.25, 0.3) is 0 Å². The van der Waals surface area contributed by atoms with Gasteiger partial charge in [-0.15, -0.1) is 0 Å². The summed E-state index contributed by atoms with van der Waals surface area (Å²) in [7, 11) is 0. The van der Waals surface area contributed by atoms with Crippen molar-refractivity contribution in [2.75, 3.05) is 0 Å². The summed E-state index contributed by atoms with van der Waals surface area (Å²) in [6.07, 6.45) is 6.57. The van der Waals surface area contributed by atoms with Crippen LogP contribution in [0.2, 0.25) is 0 Å². The molecule has 0 bridgehead atoms. The molecule has 3 aromatic rings. The highest BCUT2D eigenvalue weighted by atomic mass is 19.1. The van der Waals surface area contributed by atoms with Gasteiger partial charge in [-0.25, -0.2) is 8.78 Å². The van der Waals surface area contributed by atoms with E-state index in [9.17, 15) is 8.78 Å². The summed E-state index contributed by atoms with van der Waals surface area (Å²) in [5.74, 6) is 12.4. The molecule has 0 amide bonds. The van der Waals surface area contributed by atoms with Crippen LogP contribution in [0.3, 0.4) is 0 Å². The maximum Gasteiger partial charge on any atom is 0.142 e. The highest BCUT2D eigenvalue weighted by Crippen LogP contribution is 2.31. The smallest absolute Gasteiger partial charge is 0.142 e. The molecule has 2 heteroatoms. The quantitative estimate of drug-likeness (QED) is 0.349. The topological polar surface area (TPSA) is 0 Å². The zero-order valence-corrected chi connectivity index (χ0v) is 20.1. The third-order valence-electron chi connectivity index (χ3n) is 6.70. The molecular weight excluding hydrogens is 422 g/mol. The number of aryl methyl sites for hydroxylation is 2. The Hall–Kier alpha value is -3.36. The summed E-state index contributed by atoms with van der Waals surface area (Å²) in [5, 5.41) is 0. The SMILES string of the molecule is Cc1cc(F)c(C#Cc2ccc(C#Cc3ccc(CC4CCC(C)CC4)cc3C)cc2)c(F)c1. The van der Waals surface area contributed by atoms with Crippen molar-refractivity contribution >= 4 is 0 Å². The van der Waals surface area contributed by atoms with E-state index in [-0.39, 0.29) is 5.56 Å². The Bertz CT molecular complexity index is 1260. The van der Waals surface area contributed by atoms with E-state index in [4.69, 9.17) is 0 Å². The monoisotopic (exact) mass is 452 g/mol. The molecule has 0 heterocycles. The second-order valence-corrected chi connectivity index (χ2v) is 9.66. The van der Waals surface area contributed by atoms with E-state index in [1.807, 2.05) is 24.3 Å². The molecule has 0 atom stereocenters. The Kier molecular flexibility index (Phi) is 7.49. The van der Waals surface area contributed by atoms with Crippen molar-refractivity contribution in [3.63, 3.8) is 0 Å². The van der Waals surface area contributed by atoms with Crippen molar-refractivity contribution in [1.82, 2.24) is 0 Å². The summed E-state index contributed by atoms with van der Waals surface area (Å²) < 4.78 is 27.9. The molecule has 4 rings (SSSR count). The second-order valence-electron chi connectivity index (χ2n) is 9.66. The highest BCUT2D eigenvalue weighted by Gasteiger charge is 2.18. The first-order chi connectivity index (χ1) is 16.4. The van der Waals surface area contributed by atoms with Gasteiger partial charge in [0.1, 0.15) is 11.6 Å². The van der Waals surface area contributed by atoms with Crippen LogP contribution in [-0.2, 0) is 6.42 Å². The first-order valence-corrected chi connectivity index (χ1v) is 12.1. The van der Waals surface area contributed by atoms with Gasteiger partial charge in [0.15, 0.2) is 0 Å². The van der Waals surface area contributed by atoms with Crippen molar-refractivity contribution in [2.24, 2.45) is 11.8 Å². The first kappa shape index (κ1) is 23.8. The fraction of sp³-hybridized carbons (Fsp3) is 0.312. The van der Waals surface area contributed by atoms with Gasteiger partial charge in [-0.2, -0.15) is 0 Å². The number of rotatable bonds is 2. The van der Waals surface area contributed by atoms with E-state index >= 15 is 0 Å². The zero-order valence-electron chi connectivity index (χ0n) is 20.1. The molecule has 1 aliphatic rings. The average Bonchev–Trinajstić information content (AvgIpc) is 2.80. The van der Waals surface area contributed by atoms with Crippen LogP contribution >= 0.6 is 0 Å². The Morgan fingerprint density at radius 1 is 0.735 bits per heavy atom. The molecule has 0 radical (unpaired) electrons.